The zero-order valence-corrected chi connectivity index (χ0v) is 6.99. The average molecular weight is 139 g/mol. The molecule has 3 heteroatoms. The van der Waals surface area contributed by atoms with E-state index >= 15 is 0 Å². The first-order valence-corrected chi connectivity index (χ1v) is 0.908. The summed E-state index contributed by atoms with van der Waals surface area (Å²) in [7, 11) is 0. The van der Waals surface area contributed by atoms with Gasteiger partial charge in [0.25, 0.3) is 0 Å². The van der Waals surface area contributed by atoms with Gasteiger partial charge in [-0.2, -0.15) is 0 Å². The minimum Gasteiger partial charge on any atom is -0.550 e. The maximum absolute atomic E-state index is 8.89. The van der Waals surface area contributed by atoms with Gasteiger partial charge in [0.1, 0.15) is 0 Å². The molecular formula is C3H6O2Zn. The molecule has 0 amide bonds. The molecule has 0 aromatic carbocycles. The van der Waals surface area contributed by atoms with Crippen molar-refractivity contribution in [3.8, 4) is 0 Å². The number of carboxylic acid groups (broad SMARTS) is 1. The van der Waals surface area contributed by atoms with Crippen LogP contribution in [0.25, 0.3) is 0 Å². The smallest absolute Gasteiger partial charge is 0.550 e. The van der Waals surface area contributed by atoms with Crippen molar-refractivity contribution >= 4 is 5.97 Å². The van der Waals surface area contributed by atoms with E-state index in [0.29, 0.717) is 0 Å². The van der Waals surface area contributed by atoms with E-state index in [1.54, 1.807) is 0 Å². The summed E-state index contributed by atoms with van der Waals surface area (Å²) in [5.74, 6) is -1.08. The van der Waals surface area contributed by atoms with Gasteiger partial charge in [-0.25, -0.2) is 0 Å². The Morgan fingerprint density at radius 2 is 1.67 bits per heavy atom. The summed E-state index contributed by atoms with van der Waals surface area (Å²) in [6.45, 7) is 0.972. The van der Waals surface area contributed by atoms with Crippen LogP contribution in [0.15, 0.2) is 0 Å². The van der Waals surface area contributed by atoms with Crippen LogP contribution >= 0.6 is 0 Å². The Kier molecular flexibility index (Phi) is 24.6. The monoisotopic (exact) mass is 138 g/mol. The summed E-state index contributed by atoms with van der Waals surface area (Å²) in [6.07, 6.45) is 0. The number of carboxylic acids is 1. The van der Waals surface area contributed by atoms with E-state index in [0.717, 1.165) is 6.92 Å². The van der Waals surface area contributed by atoms with Crippen LogP contribution in [0.3, 0.4) is 0 Å². The molecule has 0 spiro atoms. The van der Waals surface area contributed by atoms with Crippen LogP contribution in [-0.2, 0) is 24.3 Å². The van der Waals surface area contributed by atoms with Crippen molar-refractivity contribution in [3.63, 3.8) is 0 Å². The Hall–Kier alpha value is 0.0934. The molecule has 0 aliphatic carbocycles. The molecule has 0 rings (SSSR count). The molecule has 6 heavy (non-hydrogen) atoms. The second-order valence-electron chi connectivity index (χ2n) is 0.492. The molecule has 0 unspecified atom stereocenters. The maximum Gasteiger partial charge on any atom is 2.00 e. The van der Waals surface area contributed by atoms with Crippen LogP contribution in [-0.4, -0.2) is 5.97 Å². The van der Waals surface area contributed by atoms with Crippen LogP contribution in [0, 0.1) is 7.43 Å². The normalized spacial score (nSPS) is 4.17. The fourth-order valence-corrected chi connectivity index (χ4v) is 0. The Bertz CT molecular complexity index is 31.8. The van der Waals surface area contributed by atoms with E-state index in [4.69, 9.17) is 9.90 Å². The van der Waals surface area contributed by atoms with Gasteiger partial charge in [0.2, 0.25) is 0 Å². The number of carbonyl (C=O) groups is 1. The SMILES string of the molecule is CC(=O)[O-].[CH3-].[Zn+2]. The molecule has 0 heterocycles. The van der Waals surface area contributed by atoms with Crippen LogP contribution in [0.4, 0.5) is 0 Å². The summed E-state index contributed by atoms with van der Waals surface area (Å²) in [5.41, 5.74) is 0. The van der Waals surface area contributed by atoms with E-state index < -0.39 is 5.97 Å². The van der Waals surface area contributed by atoms with Crippen LogP contribution in [0.5, 0.6) is 0 Å². The molecule has 32 valence electrons. The van der Waals surface area contributed by atoms with E-state index in [1.165, 1.54) is 0 Å². The van der Waals surface area contributed by atoms with Gasteiger partial charge in [0, 0.05) is 5.97 Å². The average Bonchev–Trinajstić information content (AvgIpc) is 0.811. The second-order valence-corrected chi connectivity index (χ2v) is 0.492. The topological polar surface area (TPSA) is 40.1 Å². The quantitative estimate of drug-likeness (QED) is 0.326. The Morgan fingerprint density at radius 3 is 1.67 bits per heavy atom. The number of hydrogen-bond acceptors (Lipinski definition) is 2. The van der Waals surface area contributed by atoms with Gasteiger partial charge in [0.05, 0.1) is 0 Å². The third kappa shape index (κ3) is 4490. The van der Waals surface area contributed by atoms with Gasteiger partial charge in [0.15, 0.2) is 0 Å². The summed E-state index contributed by atoms with van der Waals surface area (Å²) in [4.78, 5) is 8.89. The Labute approximate surface area is 50.3 Å². The molecule has 0 atom stereocenters. The largest absolute Gasteiger partial charge is 2.00 e. The second kappa shape index (κ2) is 8.92. The van der Waals surface area contributed by atoms with Crippen LogP contribution in [0.2, 0.25) is 0 Å². The van der Waals surface area contributed by atoms with Crippen molar-refractivity contribution in [1.82, 2.24) is 0 Å². The molecule has 0 N–H and O–H groups in total. The van der Waals surface area contributed by atoms with Crippen molar-refractivity contribution in [2.75, 3.05) is 0 Å². The molecule has 0 fully saturated rings. The molecule has 0 saturated heterocycles. The van der Waals surface area contributed by atoms with Crippen LogP contribution < -0.4 is 5.11 Å². The first-order valence-electron chi connectivity index (χ1n) is 0.908. The van der Waals surface area contributed by atoms with Crippen molar-refractivity contribution in [2.24, 2.45) is 0 Å². The van der Waals surface area contributed by atoms with Gasteiger partial charge in [-0.3, -0.25) is 0 Å². The number of hydrogen-bond donors (Lipinski definition) is 0. The molecule has 0 radical (unpaired) electrons. The zero-order chi connectivity index (χ0) is 3.58. The molecule has 0 aliphatic rings. The number of rotatable bonds is 0. The van der Waals surface area contributed by atoms with Crippen molar-refractivity contribution in [2.45, 2.75) is 6.92 Å². The molecule has 0 aromatic rings. The van der Waals surface area contributed by atoms with E-state index in [9.17, 15) is 0 Å². The number of aliphatic carboxylic acids is 1. The molecule has 2 nitrogen and oxygen atoms in total. The van der Waals surface area contributed by atoms with Gasteiger partial charge < -0.3 is 17.3 Å². The molecule has 0 aromatic heterocycles. The third-order valence-electron chi connectivity index (χ3n) is 0. The Balaban J connectivity index is -0.0000000450. The predicted octanol–water partition coefficient (Wildman–Crippen LogP) is -0.796. The van der Waals surface area contributed by atoms with Gasteiger partial charge in [-0.1, -0.05) is 0 Å². The molecule has 0 bridgehead atoms. The fourth-order valence-electron chi connectivity index (χ4n) is 0. The number of carbonyl (C=O) groups excluding carboxylic acids is 1. The van der Waals surface area contributed by atoms with Gasteiger partial charge >= 0.3 is 19.5 Å². The molecular weight excluding hydrogens is 133 g/mol. The minimum atomic E-state index is -1.08. The predicted molar refractivity (Wildman–Crippen MR) is 17.1 cm³/mol. The molecule has 0 aliphatic heterocycles. The standard InChI is InChI=1S/C2H4O2.CH3.Zn/c1-2(3)4;;/h1H3,(H,3,4);1H3;/q;-1;+2/p-1. The zero-order valence-electron chi connectivity index (χ0n) is 4.02. The van der Waals surface area contributed by atoms with Crippen molar-refractivity contribution in [3.05, 3.63) is 7.43 Å². The Morgan fingerprint density at radius 1 is 1.67 bits per heavy atom. The first kappa shape index (κ1) is 16.5. The maximum atomic E-state index is 8.89. The van der Waals surface area contributed by atoms with Gasteiger partial charge in [-0.05, 0) is 6.92 Å². The first-order chi connectivity index (χ1) is 1.73. The third-order valence-corrected chi connectivity index (χ3v) is 0. The van der Waals surface area contributed by atoms with Crippen LogP contribution in [0.1, 0.15) is 6.92 Å². The van der Waals surface area contributed by atoms with Gasteiger partial charge in [-0.15, -0.1) is 0 Å². The van der Waals surface area contributed by atoms with E-state index in [2.05, 4.69) is 0 Å². The summed E-state index contributed by atoms with van der Waals surface area (Å²) < 4.78 is 0. The van der Waals surface area contributed by atoms with Crippen molar-refractivity contribution < 1.29 is 29.4 Å². The minimum absolute atomic E-state index is 0. The van der Waals surface area contributed by atoms with E-state index in [1.807, 2.05) is 0 Å². The van der Waals surface area contributed by atoms with E-state index in [-0.39, 0.29) is 26.9 Å². The summed E-state index contributed by atoms with van der Waals surface area (Å²) >= 11 is 0. The summed E-state index contributed by atoms with van der Waals surface area (Å²) in [5, 5.41) is 8.89. The fraction of sp³-hybridized carbons (Fsp3) is 0.333. The summed E-state index contributed by atoms with van der Waals surface area (Å²) in [6, 6.07) is 0. The van der Waals surface area contributed by atoms with Crippen molar-refractivity contribution in [1.29, 1.82) is 0 Å². The molecule has 0 saturated carbocycles.